The highest BCUT2D eigenvalue weighted by Crippen LogP contribution is 2.41. The van der Waals surface area contributed by atoms with E-state index in [4.69, 9.17) is 33.2 Å². The molecule has 1 unspecified atom stereocenters. The topological polar surface area (TPSA) is 218 Å². The second-order valence-corrected chi connectivity index (χ2v) is 21.3. The Morgan fingerprint density at radius 3 is 2.32 bits per heavy atom. The number of benzene rings is 1. The minimum Gasteiger partial charge on any atom is -0.493 e. The second kappa shape index (κ2) is 23.9. The molecule has 1 aromatic rings. The molecule has 1 aromatic carbocycles. The van der Waals surface area contributed by atoms with Gasteiger partial charge in [-0.2, -0.15) is 0 Å². The summed E-state index contributed by atoms with van der Waals surface area (Å²) in [6.07, 6.45) is -8.24. The average molecular weight is 988 g/mol. The lowest BCUT2D eigenvalue weighted by Gasteiger charge is -2.47. The van der Waals surface area contributed by atoms with Crippen LogP contribution in [0.5, 0.6) is 5.75 Å². The fourth-order valence-electron chi connectivity index (χ4n) is 10.5. The van der Waals surface area contributed by atoms with Gasteiger partial charge in [-0.15, -0.1) is 0 Å². The van der Waals surface area contributed by atoms with E-state index in [2.05, 4.69) is 5.32 Å². The highest BCUT2D eigenvalue weighted by molar-refractivity contribution is 5.81. The Bertz CT molecular complexity index is 1830. The Hall–Kier alpha value is -2.66. The van der Waals surface area contributed by atoms with Crippen molar-refractivity contribution in [2.75, 3.05) is 47.4 Å². The lowest BCUT2D eigenvalue weighted by atomic mass is 9.83. The normalized spacial score (nSPS) is 42.0. The van der Waals surface area contributed by atoms with Crippen molar-refractivity contribution in [3.8, 4) is 5.75 Å². The summed E-state index contributed by atoms with van der Waals surface area (Å²) in [5.74, 6) is -4.03. The predicted molar refractivity (Wildman–Crippen MR) is 250 cm³/mol. The standard InChI is InChI=1S/C50H83F2N3O14/c1-13-39-50(9,62)43(57)30(5)54(10)25-27(2)23-48(7,61)40(22-38(29(4)46(60)68-39)67-41-24-49(8,63-12)44(58)31(6)66-41)69-47-42(56)37(19-28(3)65-47)55(11)26-32-20-34(32)45(59)53-17-14-18-64-33-15-16-35(51)36(52)21-33/h15-16,21,27-32,34,37-44,47,56-58,61-62H,13-14,17-20,22-26H2,1-12H3,(H,53,59)/t27-,28-,29-,30-,31+,32-,34+,37?,38+,39-,40-,41+,42-,43-,44+,47+,48-,49-,50-/m1/s1. The quantitative estimate of drug-likeness (QED) is 0.109. The molecular weight excluding hydrogens is 905 g/mol. The number of methoxy groups -OCH3 is 1. The van der Waals surface area contributed by atoms with E-state index in [1.165, 1.54) is 20.1 Å². The SMILES string of the molecule is CC[C@H]1OC(=O)[C@H](C)[C@@H](O[C@H]2C[C@@](C)(OC)[C@@H](O)[C@H](C)O2)C[C@@H](O[C@@H]2O[C@H](C)CC(N(C)C[C@H]3C[C@@H]3C(=O)NCCCOc3ccc(F)c(F)c3)[C@H]2O)[C@](C)(O)C[C@@H](C)CN(C)[C@H](C)[C@@H](O)[C@]1(C)O. The van der Waals surface area contributed by atoms with Gasteiger partial charge in [-0.05, 0) is 119 Å². The van der Waals surface area contributed by atoms with Crippen molar-refractivity contribution in [3.05, 3.63) is 29.8 Å². The molecule has 3 aliphatic heterocycles. The monoisotopic (exact) mass is 988 g/mol. The van der Waals surface area contributed by atoms with Gasteiger partial charge in [0.2, 0.25) is 5.91 Å². The molecule has 1 amide bonds. The van der Waals surface area contributed by atoms with Crippen molar-refractivity contribution in [3.63, 3.8) is 0 Å². The Morgan fingerprint density at radius 2 is 1.67 bits per heavy atom. The molecule has 0 radical (unpaired) electrons. The predicted octanol–water partition coefficient (Wildman–Crippen LogP) is 3.52. The minimum atomic E-state index is -1.84. The maximum absolute atomic E-state index is 14.3. The van der Waals surface area contributed by atoms with Gasteiger partial charge in [-0.3, -0.25) is 9.59 Å². The van der Waals surface area contributed by atoms with Crippen molar-refractivity contribution in [1.29, 1.82) is 0 Å². The summed E-state index contributed by atoms with van der Waals surface area (Å²) < 4.78 is 70.0. The van der Waals surface area contributed by atoms with E-state index in [1.54, 1.807) is 41.5 Å². The maximum atomic E-state index is 14.3. The van der Waals surface area contributed by atoms with Crippen LogP contribution in [0.2, 0.25) is 0 Å². The third kappa shape index (κ3) is 14.3. The minimum absolute atomic E-state index is 0.0343. The first-order chi connectivity index (χ1) is 32.2. The fraction of sp³-hybridized carbons (Fsp3) is 0.840. The van der Waals surface area contributed by atoms with Crippen LogP contribution in [-0.4, -0.2) is 185 Å². The molecule has 0 bridgehead atoms. The van der Waals surface area contributed by atoms with Crippen molar-refractivity contribution in [1.82, 2.24) is 15.1 Å². The zero-order valence-corrected chi connectivity index (χ0v) is 42.8. The van der Waals surface area contributed by atoms with Crippen LogP contribution in [0.1, 0.15) is 107 Å². The number of carbonyl (C=O) groups is 2. The van der Waals surface area contributed by atoms with E-state index in [-0.39, 0.29) is 67.8 Å². The number of aliphatic hydroxyl groups excluding tert-OH is 3. The lowest BCUT2D eigenvalue weighted by molar-refractivity contribution is -0.308. The molecule has 17 nitrogen and oxygen atoms in total. The summed E-state index contributed by atoms with van der Waals surface area (Å²) in [5, 5.41) is 62.0. The molecule has 69 heavy (non-hydrogen) atoms. The lowest BCUT2D eigenvalue weighted by Crippen LogP contribution is -2.59. The van der Waals surface area contributed by atoms with E-state index in [1.807, 2.05) is 37.7 Å². The van der Waals surface area contributed by atoms with Gasteiger partial charge in [0.15, 0.2) is 24.2 Å². The van der Waals surface area contributed by atoms with Crippen LogP contribution in [0.15, 0.2) is 18.2 Å². The average Bonchev–Trinajstić information content (AvgIpc) is 4.06. The van der Waals surface area contributed by atoms with Crippen LogP contribution >= 0.6 is 0 Å². The van der Waals surface area contributed by atoms with Gasteiger partial charge in [-0.25, -0.2) is 8.78 Å². The number of nitrogens with zero attached hydrogens (tertiary/aromatic N) is 2. The van der Waals surface area contributed by atoms with Crippen LogP contribution in [-0.2, 0) is 38.0 Å². The van der Waals surface area contributed by atoms with Crippen LogP contribution in [0.3, 0.4) is 0 Å². The Balaban J connectivity index is 1.34. The molecule has 19 heteroatoms. The second-order valence-electron chi connectivity index (χ2n) is 21.3. The first-order valence-electron chi connectivity index (χ1n) is 24.8. The van der Waals surface area contributed by atoms with E-state index in [9.17, 15) is 43.9 Å². The van der Waals surface area contributed by atoms with Crippen LogP contribution in [0.25, 0.3) is 0 Å². The fourth-order valence-corrected chi connectivity index (χ4v) is 10.5. The number of halogens is 2. The van der Waals surface area contributed by atoms with Gasteiger partial charge < -0.3 is 73.8 Å². The molecule has 3 saturated heterocycles. The maximum Gasteiger partial charge on any atom is 0.311 e. The highest BCUT2D eigenvalue weighted by atomic mass is 19.2. The number of likely N-dealkylation sites (N-methyl/N-ethyl adjacent to an activating group) is 2. The number of nitrogens with one attached hydrogen (secondary N) is 1. The van der Waals surface area contributed by atoms with Gasteiger partial charge in [0.25, 0.3) is 0 Å². The molecule has 396 valence electrons. The molecule has 4 fully saturated rings. The molecule has 0 spiro atoms. The van der Waals surface area contributed by atoms with Gasteiger partial charge in [-0.1, -0.05) is 13.8 Å². The van der Waals surface area contributed by atoms with E-state index < -0.39 is 108 Å². The molecule has 6 N–H and O–H groups in total. The van der Waals surface area contributed by atoms with Gasteiger partial charge in [0, 0.05) is 63.7 Å². The molecule has 0 aromatic heterocycles. The first-order valence-corrected chi connectivity index (χ1v) is 24.8. The molecule has 19 atom stereocenters. The summed E-state index contributed by atoms with van der Waals surface area (Å²) in [4.78, 5) is 31.3. The number of rotatable bonds is 15. The molecule has 5 rings (SSSR count). The van der Waals surface area contributed by atoms with Gasteiger partial charge in [0.05, 0.1) is 48.1 Å². The van der Waals surface area contributed by atoms with Crippen LogP contribution < -0.4 is 10.1 Å². The number of aliphatic hydroxyl groups is 5. The van der Waals surface area contributed by atoms with Crippen LogP contribution in [0, 0.1) is 35.3 Å². The number of amides is 1. The molecule has 3 heterocycles. The van der Waals surface area contributed by atoms with E-state index in [0.29, 0.717) is 38.9 Å². The third-order valence-corrected chi connectivity index (χ3v) is 15.3. The molecule has 1 aliphatic carbocycles. The molecule has 4 aliphatic rings. The largest absolute Gasteiger partial charge is 0.493 e. The zero-order valence-electron chi connectivity index (χ0n) is 42.8. The summed E-state index contributed by atoms with van der Waals surface area (Å²) in [5.41, 5.74) is -4.54. The van der Waals surface area contributed by atoms with Crippen molar-refractivity contribution >= 4 is 11.9 Å². The number of esters is 1. The van der Waals surface area contributed by atoms with Gasteiger partial charge >= 0.3 is 5.97 Å². The summed E-state index contributed by atoms with van der Waals surface area (Å²) in [7, 11) is 5.19. The summed E-state index contributed by atoms with van der Waals surface area (Å²) in [6, 6.07) is 2.27. The van der Waals surface area contributed by atoms with Crippen molar-refractivity contribution < 1.29 is 77.1 Å². The Morgan fingerprint density at radius 1 is 0.971 bits per heavy atom. The third-order valence-electron chi connectivity index (χ3n) is 15.3. The first kappa shape index (κ1) is 57.2. The molecular formula is C50H83F2N3O14. The Labute approximate surface area is 407 Å². The zero-order chi connectivity index (χ0) is 51.3. The number of hydrogen-bond donors (Lipinski definition) is 6. The van der Waals surface area contributed by atoms with Gasteiger partial charge in [0.1, 0.15) is 35.8 Å². The van der Waals surface area contributed by atoms with E-state index in [0.717, 1.165) is 12.1 Å². The Kier molecular flexibility index (Phi) is 19.8. The highest BCUT2D eigenvalue weighted by Gasteiger charge is 2.51. The number of carbonyl (C=O) groups excluding carboxylic acids is 2. The molecule has 1 saturated carbocycles. The van der Waals surface area contributed by atoms with Crippen molar-refractivity contribution in [2.45, 2.75) is 198 Å². The smallest absolute Gasteiger partial charge is 0.311 e. The summed E-state index contributed by atoms with van der Waals surface area (Å²) >= 11 is 0. The van der Waals surface area contributed by atoms with Crippen molar-refractivity contribution in [2.24, 2.45) is 23.7 Å². The van der Waals surface area contributed by atoms with E-state index >= 15 is 0 Å². The number of cyclic esters (lactones) is 1. The number of hydrogen-bond acceptors (Lipinski definition) is 16. The summed E-state index contributed by atoms with van der Waals surface area (Å²) in [6.45, 7) is 17.0. The number of ether oxygens (including phenoxy) is 7. The van der Waals surface area contributed by atoms with Crippen LogP contribution in [0.4, 0.5) is 8.78 Å².